The third-order valence-corrected chi connectivity index (χ3v) is 1.57. The first-order valence-electron chi connectivity index (χ1n) is 4.23. The average Bonchev–Trinajstić information content (AvgIpc) is 1.96. The highest BCUT2D eigenvalue weighted by Crippen LogP contribution is 2.08. The van der Waals surface area contributed by atoms with Gasteiger partial charge >= 0.3 is 0 Å². The zero-order chi connectivity index (χ0) is 9.56. The van der Waals surface area contributed by atoms with E-state index in [1.54, 1.807) is 0 Å². The molecule has 0 aliphatic rings. The smallest absolute Gasteiger partial charge is 0.0631 e. The lowest BCUT2D eigenvalue weighted by atomic mass is 10.1. The summed E-state index contributed by atoms with van der Waals surface area (Å²) in [5.74, 6) is 0.333. The first-order valence-corrected chi connectivity index (χ1v) is 4.23. The van der Waals surface area contributed by atoms with Crippen LogP contribution in [0.25, 0.3) is 10.4 Å². The molecule has 0 N–H and O–H groups in total. The van der Waals surface area contributed by atoms with E-state index in [9.17, 15) is 0 Å². The standard InChI is InChI=1S/C8H17N3O/c1-6(2)8(10-11-9)5-12-7(3)4/h6-8H,5H2,1-4H3. The Labute approximate surface area is 73.5 Å². The van der Waals surface area contributed by atoms with Crippen molar-refractivity contribution in [2.24, 2.45) is 11.0 Å². The minimum absolute atomic E-state index is 0.0441. The van der Waals surface area contributed by atoms with Crippen LogP contribution in [0.1, 0.15) is 27.7 Å². The Kier molecular flexibility index (Phi) is 5.51. The number of nitrogens with zero attached hydrogens (tertiary/aromatic N) is 3. The van der Waals surface area contributed by atoms with Gasteiger partial charge in [-0.25, -0.2) is 0 Å². The van der Waals surface area contributed by atoms with Crippen molar-refractivity contribution in [2.75, 3.05) is 6.61 Å². The van der Waals surface area contributed by atoms with E-state index in [0.29, 0.717) is 12.5 Å². The average molecular weight is 171 g/mol. The molecule has 0 amide bonds. The Hall–Kier alpha value is -0.730. The van der Waals surface area contributed by atoms with Crippen LogP contribution in [-0.4, -0.2) is 18.8 Å². The van der Waals surface area contributed by atoms with Crippen molar-refractivity contribution < 1.29 is 4.74 Å². The maximum atomic E-state index is 8.25. The molecule has 1 atom stereocenters. The molecular formula is C8H17N3O. The van der Waals surface area contributed by atoms with Gasteiger partial charge in [-0.15, -0.1) is 0 Å². The Morgan fingerprint density at radius 1 is 1.33 bits per heavy atom. The van der Waals surface area contributed by atoms with Gasteiger partial charge in [0, 0.05) is 4.91 Å². The SMILES string of the molecule is CC(C)OCC(N=[N+]=[N-])C(C)C. The summed E-state index contributed by atoms with van der Waals surface area (Å²) in [6.07, 6.45) is 0.195. The summed E-state index contributed by atoms with van der Waals surface area (Å²) in [7, 11) is 0. The summed E-state index contributed by atoms with van der Waals surface area (Å²) in [4.78, 5) is 2.78. The molecule has 0 saturated heterocycles. The highest BCUT2D eigenvalue weighted by molar-refractivity contribution is 4.70. The van der Waals surface area contributed by atoms with E-state index in [-0.39, 0.29) is 12.1 Å². The van der Waals surface area contributed by atoms with Gasteiger partial charge in [0.15, 0.2) is 0 Å². The molecule has 0 rings (SSSR count). The van der Waals surface area contributed by atoms with Crippen LogP contribution >= 0.6 is 0 Å². The van der Waals surface area contributed by atoms with Crippen LogP contribution in [0, 0.1) is 5.92 Å². The minimum Gasteiger partial charge on any atom is -0.378 e. The summed E-state index contributed by atoms with van der Waals surface area (Å²) in [5, 5.41) is 3.65. The fourth-order valence-corrected chi connectivity index (χ4v) is 0.716. The van der Waals surface area contributed by atoms with Crippen LogP contribution in [0.15, 0.2) is 5.11 Å². The number of azide groups is 1. The molecule has 0 saturated carbocycles. The van der Waals surface area contributed by atoms with Crippen LogP contribution in [0.5, 0.6) is 0 Å². The maximum Gasteiger partial charge on any atom is 0.0631 e. The molecule has 0 aliphatic heterocycles. The number of rotatable bonds is 5. The molecule has 0 aromatic heterocycles. The molecule has 70 valence electrons. The Morgan fingerprint density at radius 2 is 1.92 bits per heavy atom. The van der Waals surface area contributed by atoms with E-state index in [1.807, 2.05) is 27.7 Å². The van der Waals surface area contributed by atoms with Gasteiger partial charge in [-0.1, -0.05) is 19.0 Å². The van der Waals surface area contributed by atoms with E-state index >= 15 is 0 Å². The van der Waals surface area contributed by atoms with E-state index in [0.717, 1.165) is 0 Å². The first kappa shape index (κ1) is 11.3. The normalized spacial score (nSPS) is 13.2. The van der Waals surface area contributed by atoms with Gasteiger partial charge in [-0.05, 0) is 25.3 Å². The van der Waals surface area contributed by atoms with Crippen molar-refractivity contribution in [1.29, 1.82) is 0 Å². The number of hydrogen-bond acceptors (Lipinski definition) is 2. The van der Waals surface area contributed by atoms with Crippen LogP contribution in [0.2, 0.25) is 0 Å². The van der Waals surface area contributed by atoms with E-state index < -0.39 is 0 Å². The van der Waals surface area contributed by atoms with Gasteiger partial charge in [0.25, 0.3) is 0 Å². The van der Waals surface area contributed by atoms with E-state index in [2.05, 4.69) is 10.0 Å². The van der Waals surface area contributed by atoms with Gasteiger partial charge in [0.2, 0.25) is 0 Å². The van der Waals surface area contributed by atoms with Crippen LogP contribution < -0.4 is 0 Å². The Morgan fingerprint density at radius 3 is 2.25 bits per heavy atom. The molecule has 0 spiro atoms. The summed E-state index contributed by atoms with van der Waals surface area (Å²) in [6.45, 7) is 8.48. The van der Waals surface area contributed by atoms with Crippen molar-refractivity contribution in [3.8, 4) is 0 Å². The van der Waals surface area contributed by atoms with Crippen molar-refractivity contribution in [2.45, 2.75) is 39.8 Å². The van der Waals surface area contributed by atoms with E-state index in [4.69, 9.17) is 10.3 Å². The van der Waals surface area contributed by atoms with Crippen molar-refractivity contribution in [3.05, 3.63) is 10.4 Å². The first-order chi connectivity index (χ1) is 5.57. The highest BCUT2D eigenvalue weighted by Gasteiger charge is 2.11. The highest BCUT2D eigenvalue weighted by atomic mass is 16.5. The second kappa shape index (κ2) is 5.86. The molecule has 0 fully saturated rings. The quantitative estimate of drug-likeness (QED) is 0.356. The topological polar surface area (TPSA) is 58.0 Å². The third-order valence-electron chi connectivity index (χ3n) is 1.57. The summed E-state index contributed by atoms with van der Waals surface area (Å²) < 4.78 is 5.35. The minimum atomic E-state index is -0.0441. The second-order valence-electron chi connectivity index (χ2n) is 3.40. The summed E-state index contributed by atoms with van der Waals surface area (Å²) in [5.41, 5.74) is 8.25. The number of ether oxygens (including phenoxy) is 1. The van der Waals surface area contributed by atoms with Gasteiger partial charge in [0.1, 0.15) is 0 Å². The van der Waals surface area contributed by atoms with Crippen molar-refractivity contribution >= 4 is 0 Å². The lowest BCUT2D eigenvalue weighted by molar-refractivity contribution is 0.0605. The molecule has 0 radical (unpaired) electrons. The molecule has 0 bridgehead atoms. The van der Waals surface area contributed by atoms with Crippen LogP contribution in [-0.2, 0) is 4.74 Å². The Balaban J connectivity index is 3.87. The molecule has 1 unspecified atom stereocenters. The monoisotopic (exact) mass is 171 g/mol. The molecule has 0 aromatic rings. The predicted octanol–water partition coefficient (Wildman–Crippen LogP) is 2.75. The number of hydrogen-bond donors (Lipinski definition) is 0. The van der Waals surface area contributed by atoms with Crippen LogP contribution in [0.3, 0.4) is 0 Å². The fraction of sp³-hybridized carbons (Fsp3) is 1.00. The molecule has 0 heterocycles. The lowest BCUT2D eigenvalue weighted by Crippen LogP contribution is -2.21. The second-order valence-corrected chi connectivity index (χ2v) is 3.40. The van der Waals surface area contributed by atoms with Gasteiger partial charge in [-0.2, -0.15) is 0 Å². The fourth-order valence-electron chi connectivity index (χ4n) is 0.716. The summed E-state index contributed by atoms with van der Waals surface area (Å²) >= 11 is 0. The van der Waals surface area contributed by atoms with Crippen molar-refractivity contribution in [1.82, 2.24) is 0 Å². The molecule has 4 nitrogen and oxygen atoms in total. The lowest BCUT2D eigenvalue weighted by Gasteiger charge is -2.16. The van der Waals surface area contributed by atoms with Gasteiger partial charge in [-0.3, -0.25) is 0 Å². The predicted molar refractivity (Wildman–Crippen MR) is 48.9 cm³/mol. The molecule has 12 heavy (non-hydrogen) atoms. The summed E-state index contributed by atoms with van der Waals surface area (Å²) in [6, 6.07) is -0.0441. The molecule has 0 aliphatic carbocycles. The molecule has 4 heteroatoms. The maximum absolute atomic E-state index is 8.25. The van der Waals surface area contributed by atoms with Crippen molar-refractivity contribution in [3.63, 3.8) is 0 Å². The van der Waals surface area contributed by atoms with Gasteiger partial charge < -0.3 is 4.74 Å². The van der Waals surface area contributed by atoms with Crippen LogP contribution in [0.4, 0.5) is 0 Å². The molecular weight excluding hydrogens is 154 g/mol. The largest absolute Gasteiger partial charge is 0.378 e. The van der Waals surface area contributed by atoms with E-state index in [1.165, 1.54) is 0 Å². The zero-order valence-electron chi connectivity index (χ0n) is 8.19. The Bertz CT molecular complexity index is 162. The molecule has 0 aromatic carbocycles. The zero-order valence-corrected chi connectivity index (χ0v) is 8.19. The van der Waals surface area contributed by atoms with Gasteiger partial charge in [0.05, 0.1) is 18.8 Å². The third kappa shape index (κ3) is 4.99.